The molecule has 0 aromatic carbocycles. The van der Waals surface area contributed by atoms with E-state index in [9.17, 15) is 0 Å². The van der Waals surface area contributed by atoms with Gasteiger partial charge in [0, 0.05) is 38.4 Å². The van der Waals surface area contributed by atoms with Crippen LogP contribution in [-0.4, -0.2) is 41.2 Å². The maximum absolute atomic E-state index is 6.55. The molecule has 2 N–H and O–H groups in total. The Labute approximate surface area is 126 Å². The Hall–Kier alpha value is -0.910. The predicted molar refractivity (Wildman–Crippen MR) is 81.2 cm³/mol. The monoisotopic (exact) mass is 293 g/mol. The maximum Gasteiger partial charge on any atom is 0.0939 e. The largest absolute Gasteiger partial charge is 0.378 e. The van der Waals surface area contributed by atoms with E-state index >= 15 is 0 Å². The molecule has 1 aromatic rings. The lowest BCUT2D eigenvalue weighted by molar-refractivity contribution is -0.101. The number of rotatable bonds is 3. The summed E-state index contributed by atoms with van der Waals surface area (Å²) < 4.78 is 13.5. The molecule has 2 saturated heterocycles. The van der Waals surface area contributed by atoms with Crippen molar-refractivity contribution in [3.8, 4) is 0 Å². The van der Waals surface area contributed by atoms with E-state index in [4.69, 9.17) is 15.2 Å². The molecule has 2 aliphatic rings. The van der Waals surface area contributed by atoms with Crippen LogP contribution in [0.5, 0.6) is 0 Å². The molecule has 3 atom stereocenters. The summed E-state index contributed by atoms with van der Waals surface area (Å²) in [6, 6.07) is 0.174. The third-order valence-corrected chi connectivity index (χ3v) is 5.30. The van der Waals surface area contributed by atoms with Gasteiger partial charge >= 0.3 is 0 Å². The van der Waals surface area contributed by atoms with Gasteiger partial charge in [-0.25, -0.2) is 0 Å². The van der Waals surface area contributed by atoms with Crippen LogP contribution >= 0.6 is 0 Å². The molecular formula is C16H27N3O2. The highest BCUT2D eigenvalue weighted by atomic mass is 16.6. The van der Waals surface area contributed by atoms with Gasteiger partial charge in [0.25, 0.3) is 0 Å². The Morgan fingerprint density at radius 2 is 2.24 bits per heavy atom. The first-order chi connectivity index (χ1) is 10.0. The Kier molecular flexibility index (Phi) is 4.08. The van der Waals surface area contributed by atoms with Crippen molar-refractivity contribution < 1.29 is 9.47 Å². The smallest absolute Gasteiger partial charge is 0.0939 e. The van der Waals surface area contributed by atoms with Gasteiger partial charge in [-0.2, -0.15) is 5.10 Å². The molecule has 0 radical (unpaired) electrons. The molecule has 3 unspecified atom stereocenters. The van der Waals surface area contributed by atoms with Crippen molar-refractivity contribution in [2.75, 3.05) is 19.8 Å². The third kappa shape index (κ3) is 2.87. The van der Waals surface area contributed by atoms with Crippen LogP contribution in [0.3, 0.4) is 0 Å². The molecule has 21 heavy (non-hydrogen) atoms. The van der Waals surface area contributed by atoms with E-state index in [1.54, 1.807) is 0 Å². The van der Waals surface area contributed by atoms with Crippen molar-refractivity contribution in [2.45, 2.75) is 51.2 Å². The topological polar surface area (TPSA) is 62.3 Å². The summed E-state index contributed by atoms with van der Waals surface area (Å²) >= 11 is 0. The van der Waals surface area contributed by atoms with Crippen LogP contribution in [-0.2, 0) is 22.9 Å². The lowest BCUT2D eigenvalue weighted by Gasteiger charge is -2.39. The first-order valence-electron chi connectivity index (χ1n) is 7.97. The fourth-order valence-corrected chi connectivity index (χ4v) is 3.81. The summed E-state index contributed by atoms with van der Waals surface area (Å²) in [6.07, 6.45) is 4.02. The number of aromatic nitrogens is 2. The van der Waals surface area contributed by atoms with E-state index in [-0.39, 0.29) is 11.6 Å². The second-order valence-corrected chi connectivity index (χ2v) is 6.73. The van der Waals surface area contributed by atoms with Gasteiger partial charge < -0.3 is 15.2 Å². The molecule has 118 valence electrons. The lowest BCUT2D eigenvalue weighted by Crippen LogP contribution is -2.46. The zero-order chi connectivity index (χ0) is 15.0. The van der Waals surface area contributed by atoms with Crippen molar-refractivity contribution in [1.82, 2.24) is 9.78 Å². The van der Waals surface area contributed by atoms with Crippen molar-refractivity contribution in [1.29, 1.82) is 0 Å². The number of nitrogens with two attached hydrogens (primary N) is 1. The minimum absolute atomic E-state index is 0.0560. The van der Waals surface area contributed by atoms with E-state index in [1.807, 2.05) is 11.7 Å². The molecule has 3 heterocycles. The van der Waals surface area contributed by atoms with Crippen LogP contribution in [0.2, 0.25) is 0 Å². The Morgan fingerprint density at radius 1 is 1.43 bits per heavy atom. The van der Waals surface area contributed by atoms with Crippen LogP contribution in [0.4, 0.5) is 0 Å². The molecular weight excluding hydrogens is 266 g/mol. The van der Waals surface area contributed by atoms with E-state index in [1.165, 1.54) is 11.3 Å². The summed E-state index contributed by atoms with van der Waals surface area (Å²) in [4.78, 5) is 0. The average Bonchev–Trinajstić information content (AvgIpc) is 2.99. The predicted octanol–water partition coefficient (Wildman–Crippen LogP) is 1.49. The summed E-state index contributed by atoms with van der Waals surface area (Å²) in [5.74, 6) is 0.513. The van der Waals surface area contributed by atoms with Crippen LogP contribution in [0, 0.1) is 19.8 Å². The molecule has 1 aromatic heterocycles. The van der Waals surface area contributed by atoms with Gasteiger partial charge in [0.05, 0.1) is 17.9 Å². The molecule has 5 heteroatoms. The summed E-state index contributed by atoms with van der Waals surface area (Å²) in [6.45, 7) is 6.57. The minimum Gasteiger partial charge on any atom is -0.378 e. The average molecular weight is 293 g/mol. The molecule has 2 aliphatic heterocycles. The van der Waals surface area contributed by atoms with Crippen molar-refractivity contribution in [3.63, 3.8) is 0 Å². The molecule has 3 rings (SSSR count). The van der Waals surface area contributed by atoms with Crippen molar-refractivity contribution in [3.05, 3.63) is 17.0 Å². The number of hydrogen-bond donors (Lipinski definition) is 1. The van der Waals surface area contributed by atoms with Gasteiger partial charge in [0.1, 0.15) is 0 Å². The number of hydrogen-bond acceptors (Lipinski definition) is 4. The summed E-state index contributed by atoms with van der Waals surface area (Å²) in [5.41, 5.74) is 10.1. The van der Waals surface area contributed by atoms with Crippen molar-refractivity contribution in [2.24, 2.45) is 18.7 Å². The van der Waals surface area contributed by atoms with Gasteiger partial charge in [0.15, 0.2) is 0 Å². The van der Waals surface area contributed by atoms with Crippen LogP contribution in [0.25, 0.3) is 0 Å². The highest BCUT2D eigenvalue weighted by Gasteiger charge is 2.42. The normalized spacial score (nSPS) is 31.0. The Balaban J connectivity index is 1.68. The number of aryl methyl sites for hydroxylation is 2. The van der Waals surface area contributed by atoms with E-state index < -0.39 is 0 Å². The highest BCUT2D eigenvalue weighted by molar-refractivity contribution is 5.25. The molecule has 1 spiro atoms. The Bertz CT molecular complexity index is 506. The molecule has 0 aliphatic carbocycles. The zero-order valence-electron chi connectivity index (χ0n) is 13.4. The molecule has 0 amide bonds. The fourth-order valence-electron chi connectivity index (χ4n) is 3.81. The number of ether oxygens (including phenoxy) is 2. The van der Waals surface area contributed by atoms with Crippen LogP contribution < -0.4 is 5.73 Å². The van der Waals surface area contributed by atoms with E-state index in [0.29, 0.717) is 5.92 Å². The SMILES string of the molecule is Cc1nn(C)c(C)c1CC(N)C1CCOC2(CCOC2)C1. The standard InChI is InChI=1S/C16H27N3O2/c1-11-14(12(2)19(3)18-11)8-15(17)13-4-6-21-16(9-13)5-7-20-10-16/h13,15H,4-10,17H2,1-3H3. The van der Waals surface area contributed by atoms with E-state index in [2.05, 4.69) is 18.9 Å². The van der Waals surface area contributed by atoms with Gasteiger partial charge in [-0.1, -0.05) is 0 Å². The number of nitrogens with zero attached hydrogens (tertiary/aromatic N) is 2. The van der Waals surface area contributed by atoms with Crippen LogP contribution in [0.15, 0.2) is 0 Å². The zero-order valence-corrected chi connectivity index (χ0v) is 13.4. The summed E-state index contributed by atoms with van der Waals surface area (Å²) in [5, 5.41) is 4.50. The molecule has 2 fully saturated rings. The molecule has 0 saturated carbocycles. The second kappa shape index (κ2) is 5.71. The first kappa shape index (κ1) is 15.0. The third-order valence-electron chi connectivity index (χ3n) is 5.30. The second-order valence-electron chi connectivity index (χ2n) is 6.73. The highest BCUT2D eigenvalue weighted by Crippen LogP contribution is 2.37. The maximum atomic E-state index is 6.55. The van der Waals surface area contributed by atoms with Gasteiger partial charge in [-0.05, 0) is 44.6 Å². The van der Waals surface area contributed by atoms with Crippen molar-refractivity contribution >= 4 is 0 Å². The van der Waals surface area contributed by atoms with Gasteiger partial charge in [-0.3, -0.25) is 4.68 Å². The van der Waals surface area contributed by atoms with Gasteiger partial charge in [-0.15, -0.1) is 0 Å². The Morgan fingerprint density at radius 3 is 2.86 bits per heavy atom. The fraction of sp³-hybridized carbons (Fsp3) is 0.812. The van der Waals surface area contributed by atoms with E-state index in [0.717, 1.165) is 51.2 Å². The van der Waals surface area contributed by atoms with Crippen LogP contribution in [0.1, 0.15) is 36.2 Å². The minimum atomic E-state index is -0.0560. The molecule has 0 bridgehead atoms. The summed E-state index contributed by atoms with van der Waals surface area (Å²) in [7, 11) is 2.00. The quantitative estimate of drug-likeness (QED) is 0.917. The lowest BCUT2D eigenvalue weighted by atomic mass is 9.79. The molecule has 5 nitrogen and oxygen atoms in total. The first-order valence-corrected chi connectivity index (χ1v) is 7.97. The van der Waals surface area contributed by atoms with Gasteiger partial charge in [0.2, 0.25) is 0 Å².